The fraction of sp³-hybridized carbons (Fsp3) is 0.618. The van der Waals surface area contributed by atoms with Crippen molar-refractivity contribution in [3.63, 3.8) is 0 Å². The maximum Gasteiger partial charge on any atom is 0.418 e. The Labute approximate surface area is 294 Å². The molecule has 0 radical (unpaired) electrons. The van der Waals surface area contributed by atoms with Crippen LogP contribution in [0, 0.1) is 5.92 Å². The highest BCUT2D eigenvalue weighted by Crippen LogP contribution is 2.40. The van der Waals surface area contributed by atoms with Gasteiger partial charge in [-0.05, 0) is 81.4 Å². The average molecular weight is 724 g/mol. The van der Waals surface area contributed by atoms with Crippen LogP contribution in [0.5, 0.6) is 0 Å². The Morgan fingerprint density at radius 2 is 1.67 bits per heavy atom. The molecule has 6 rings (SSSR count). The van der Waals surface area contributed by atoms with Crippen LogP contribution in [0.1, 0.15) is 48.1 Å². The number of nitrogens with zero attached hydrogens (tertiary/aromatic N) is 5. The lowest BCUT2D eigenvalue weighted by molar-refractivity contribution is -0.143. The molecular formula is C34H45ClF3N7O3S. The van der Waals surface area contributed by atoms with Crippen molar-refractivity contribution in [3.05, 3.63) is 44.6 Å². The minimum Gasteiger partial charge on any atom is -0.386 e. The van der Waals surface area contributed by atoms with Crippen molar-refractivity contribution in [2.24, 2.45) is 5.92 Å². The molecule has 5 heterocycles. The van der Waals surface area contributed by atoms with Crippen LogP contribution < -0.4 is 10.6 Å². The fourth-order valence-electron chi connectivity index (χ4n) is 7.77. The molecule has 0 saturated carbocycles. The Morgan fingerprint density at radius 3 is 2.33 bits per heavy atom. The van der Waals surface area contributed by atoms with Gasteiger partial charge in [0.15, 0.2) is 0 Å². The Hall–Kier alpha value is -3.07. The highest BCUT2D eigenvalue weighted by atomic mass is 35.5. The summed E-state index contributed by atoms with van der Waals surface area (Å²) in [5.41, 5.74) is -0.0139. The minimum absolute atomic E-state index is 0.0220. The monoisotopic (exact) mass is 723 g/mol. The smallest absolute Gasteiger partial charge is 0.386 e. The summed E-state index contributed by atoms with van der Waals surface area (Å²) in [6.45, 7) is 5.97. The lowest BCUT2D eigenvalue weighted by Crippen LogP contribution is -2.55. The second kappa shape index (κ2) is 15.0. The van der Waals surface area contributed by atoms with E-state index in [2.05, 4.69) is 27.5 Å². The van der Waals surface area contributed by atoms with Gasteiger partial charge in [0.1, 0.15) is 0 Å². The highest BCUT2D eigenvalue weighted by Gasteiger charge is 2.38. The molecule has 3 fully saturated rings. The summed E-state index contributed by atoms with van der Waals surface area (Å²) < 4.78 is 42.1. The number of benzene rings is 1. The van der Waals surface area contributed by atoms with E-state index in [1.54, 1.807) is 21.1 Å². The van der Waals surface area contributed by atoms with Gasteiger partial charge in [-0.2, -0.15) is 13.2 Å². The number of piperazine rings is 1. The number of amides is 4. The Bertz CT molecular complexity index is 1520. The molecule has 0 bridgehead atoms. The number of hydrogen-bond donors (Lipinski definition) is 2. The second-order valence-electron chi connectivity index (χ2n) is 13.7. The van der Waals surface area contributed by atoms with Gasteiger partial charge in [0, 0.05) is 69.7 Å². The molecule has 1 aromatic carbocycles. The van der Waals surface area contributed by atoms with Gasteiger partial charge in [0.2, 0.25) is 11.8 Å². The van der Waals surface area contributed by atoms with E-state index in [4.69, 9.17) is 11.6 Å². The number of nitrogens with one attached hydrogen (secondary N) is 2. The van der Waals surface area contributed by atoms with Crippen LogP contribution in [0.25, 0.3) is 0 Å². The van der Waals surface area contributed by atoms with Gasteiger partial charge in [-0.1, -0.05) is 11.6 Å². The zero-order valence-corrected chi connectivity index (χ0v) is 29.6. The number of likely N-dealkylation sites (tertiary alicyclic amines) is 2. The maximum absolute atomic E-state index is 14.1. The maximum atomic E-state index is 14.1. The first-order valence-corrected chi connectivity index (χ1v) is 18.4. The number of halogens is 4. The predicted molar refractivity (Wildman–Crippen MR) is 185 cm³/mol. The first-order valence-electron chi connectivity index (χ1n) is 17.1. The van der Waals surface area contributed by atoms with Crippen molar-refractivity contribution in [1.82, 2.24) is 24.5 Å². The van der Waals surface area contributed by atoms with Gasteiger partial charge >= 0.3 is 12.2 Å². The van der Waals surface area contributed by atoms with Gasteiger partial charge in [0.25, 0.3) is 0 Å². The molecule has 49 heavy (non-hydrogen) atoms. The van der Waals surface area contributed by atoms with Gasteiger partial charge in [-0.25, -0.2) is 4.79 Å². The third-order valence-corrected chi connectivity index (χ3v) is 11.8. The summed E-state index contributed by atoms with van der Waals surface area (Å²) >= 11 is 7.91. The quantitative estimate of drug-likeness (QED) is 0.385. The Morgan fingerprint density at radius 1 is 1.00 bits per heavy atom. The van der Waals surface area contributed by atoms with Crippen LogP contribution in [0.3, 0.4) is 0 Å². The van der Waals surface area contributed by atoms with Crippen molar-refractivity contribution in [1.29, 1.82) is 0 Å². The molecule has 268 valence electrons. The van der Waals surface area contributed by atoms with Gasteiger partial charge in [-0.3, -0.25) is 14.5 Å². The van der Waals surface area contributed by atoms with Crippen molar-refractivity contribution < 1.29 is 27.6 Å². The van der Waals surface area contributed by atoms with E-state index in [9.17, 15) is 27.6 Å². The molecule has 1 aromatic heterocycles. The van der Waals surface area contributed by atoms with Crippen molar-refractivity contribution in [2.75, 3.05) is 77.1 Å². The van der Waals surface area contributed by atoms with Crippen LogP contribution in [0.2, 0.25) is 5.02 Å². The van der Waals surface area contributed by atoms with Crippen molar-refractivity contribution in [2.45, 2.75) is 63.3 Å². The first-order chi connectivity index (χ1) is 23.4. The minimum atomic E-state index is -4.65. The number of carbonyl (C=O) groups is 3. The topological polar surface area (TPSA) is 91.5 Å². The molecule has 2 aromatic rings. The molecule has 10 nitrogen and oxygen atoms in total. The molecule has 0 spiro atoms. The highest BCUT2D eigenvalue weighted by molar-refractivity contribution is 7.10. The molecule has 15 heteroatoms. The Balaban J connectivity index is 1.14. The van der Waals surface area contributed by atoms with E-state index in [-0.39, 0.29) is 53.0 Å². The predicted octanol–water partition coefficient (Wildman–Crippen LogP) is 5.29. The number of piperidine rings is 2. The van der Waals surface area contributed by atoms with E-state index in [1.807, 2.05) is 16.3 Å². The lowest BCUT2D eigenvalue weighted by Gasteiger charge is -2.43. The molecule has 2 N–H and O–H groups in total. The van der Waals surface area contributed by atoms with E-state index in [0.717, 1.165) is 55.7 Å². The van der Waals surface area contributed by atoms with Crippen LogP contribution in [0.4, 0.5) is 29.3 Å². The molecule has 4 aliphatic heterocycles. The number of anilines is 2. The molecule has 0 unspecified atom stereocenters. The summed E-state index contributed by atoms with van der Waals surface area (Å²) in [6, 6.07) is 4.71. The van der Waals surface area contributed by atoms with Gasteiger partial charge < -0.3 is 30.2 Å². The summed E-state index contributed by atoms with van der Waals surface area (Å²) in [6.07, 6.45) is -1.44. The number of carbonyl (C=O) groups excluding carboxylic acids is 3. The molecular weight excluding hydrogens is 679 g/mol. The molecule has 1 atom stereocenters. The molecule has 4 amide bonds. The van der Waals surface area contributed by atoms with Crippen molar-refractivity contribution >= 4 is 52.2 Å². The standard InChI is InChI=1S/C34H45ClF3N7O3S/c1-39-31-26(34(36,37)38)18-22(19-27(31)35)17-23(32(47)44-14-12-42(13-15-44)24-3-8-41(2)9-4-24)20-30(46)43-10-5-25(6-11-43)45-21-29-28(7-16-49-29)40-33(45)48/h7,16,18-19,23-25,39H,3-6,8-15,17,20-21H2,1-2H3,(H,40,48)/t23-/m0/s1. The average Bonchev–Trinajstić information content (AvgIpc) is 3.54. The third kappa shape index (κ3) is 8.13. The van der Waals surface area contributed by atoms with Crippen molar-refractivity contribution in [3.8, 4) is 0 Å². The van der Waals surface area contributed by atoms with Crippen LogP contribution in [0.15, 0.2) is 23.6 Å². The SMILES string of the molecule is CNc1c(Cl)cc(C[C@@H](CC(=O)N2CCC(N3Cc4sccc4NC3=O)CC2)C(=O)N2CCN(C3CCN(C)CC3)CC2)cc1C(F)(F)F. The molecule has 0 aliphatic carbocycles. The van der Waals surface area contributed by atoms with Gasteiger partial charge in [0.05, 0.1) is 34.4 Å². The summed E-state index contributed by atoms with van der Waals surface area (Å²) in [7, 11) is 3.51. The fourth-order valence-corrected chi connectivity index (χ4v) is 8.93. The lowest BCUT2D eigenvalue weighted by atomic mass is 9.91. The number of thiophene rings is 1. The molecule has 4 aliphatic rings. The van der Waals surface area contributed by atoms with E-state index in [0.29, 0.717) is 51.6 Å². The summed E-state index contributed by atoms with van der Waals surface area (Å²) in [5.74, 6) is -1.27. The third-order valence-electron chi connectivity index (χ3n) is 10.6. The van der Waals surface area contributed by atoms with E-state index < -0.39 is 17.7 Å². The van der Waals surface area contributed by atoms with Gasteiger partial charge in [-0.15, -0.1) is 11.3 Å². The number of hydrogen-bond acceptors (Lipinski definition) is 7. The van der Waals surface area contributed by atoms with E-state index in [1.165, 1.54) is 13.1 Å². The summed E-state index contributed by atoms with van der Waals surface area (Å²) in [5, 5.41) is 7.36. The zero-order valence-electron chi connectivity index (χ0n) is 28.0. The number of urea groups is 1. The molecule has 3 saturated heterocycles. The number of rotatable bonds is 8. The number of alkyl halides is 3. The van der Waals surface area contributed by atoms with E-state index >= 15 is 0 Å². The van der Waals surface area contributed by atoms with Crippen LogP contribution in [-0.2, 0) is 28.7 Å². The Kier molecular flexibility index (Phi) is 11.0. The van der Waals surface area contributed by atoms with Crippen LogP contribution in [-0.4, -0.2) is 121 Å². The second-order valence-corrected chi connectivity index (χ2v) is 15.1. The van der Waals surface area contributed by atoms with Crippen LogP contribution >= 0.6 is 22.9 Å². The summed E-state index contributed by atoms with van der Waals surface area (Å²) in [4.78, 5) is 51.9. The number of fused-ring (bicyclic) bond motifs is 1. The largest absolute Gasteiger partial charge is 0.418 e. The normalized spacial score (nSPS) is 21.0. The zero-order chi connectivity index (χ0) is 34.9. The first kappa shape index (κ1) is 35.7.